The first kappa shape index (κ1) is 19.2. The molecule has 4 nitrogen and oxygen atoms in total. The number of hydrogen-bond acceptors (Lipinski definition) is 4. The molecule has 0 fully saturated rings. The number of ketones is 1. The number of rotatable bonds is 8. The summed E-state index contributed by atoms with van der Waals surface area (Å²) in [5.41, 5.74) is 0.607. The molecule has 0 aromatic carbocycles. The molecule has 0 saturated heterocycles. The van der Waals surface area contributed by atoms with Gasteiger partial charge >= 0.3 is 5.97 Å². The van der Waals surface area contributed by atoms with Crippen molar-refractivity contribution in [2.75, 3.05) is 7.11 Å². The summed E-state index contributed by atoms with van der Waals surface area (Å²) in [4.78, 5) is 22.7. The molecule has 128 valence electrons. The minimum Gasteiger partial charge on any atom is -0.483 e. The summed E-state index contributed by atoms with van der Waals surface area (Å²) < 4.78 is 10.9. The predicted molar refractivity (Wildman–Crippen MR) is 90.8 cm³/mol. The highest BCUT2D eigenvalue weighted by Gasteiger charge is 2.37. The number of hydrogen-bond donors (Lipinski definition) is 0. The molecule has 2 atom stereocenters. The standard InChI is InChI=1S/C19H28O4/c1-6-15(10-9-14(4)20)12-19(8-3)13-16(7-2)17(23-19)11-18(21)22-5/h9-11,13,15H,6-8,12H2,1-5H3/b10-9+,17-11-/t15-,19+/m1/s1. The van der Waals surface area contributed by atoms with Crippen LogP contribution in [0.15, 0.2) is 35.6 Å². The topological polar surface area (TPSA) is 52.6 Å². The summed E-state index contributed by atoms with van der Waals surface area (Å²) >= 11 is 0. The predicted octanol–water partition coefficient (Wildman–Crippen LogP) is 4.12. The number of allylic oxidation sites excluding steroid dienone is 3. The quantitative estimate of drug-likeness (QED) is 0.498. The molecule has 0 radical (unpaired) electrons. The monoisotopic (exact) mass is 320 g/mol. The van der Waals surface area contributed by atoms with Gasteiger partial charge in [0.05, 0.1) is 13.2 Å². The highest BCUT2D eigenvalue weighted by Crippen LogP contribution is 2.40. The van der Waals surface area contributed by atoms with E-state index < -0.39 is 11.6 Å². The first-order chi connectivity index (χ1) is 10.9. The Balaban J connectivity index is 3.01. The van der Waals surface area contributed by atoms with Crippen molar-refractivity contribution in [3.8, 4) is 0 Å². The molecule has 0 unspecified atom stereocenters. The van der Waals surface area contributed by atoms with Crippen LogP contribution < -0.4 is 0 Å². The van der Waals surface area contributed by atoms with Gasteiger partial charge in [0.15, 0.2) is 5.78 Å². The fraction of sp³-hybridized carbons (Fsp3) is 0.579. The first-order valence-electron chi connectivity index (χ1n) is 8.29. The van der Waals surface area contributed by atoms with Crippen molar-refractivity contribution in [1.82, 2.24) is 0 Å². The Kier molecular flexibility index (Phi) is 7.27. The maximum atomic E-state index is 11.5. The minimum absolute atomic E-state index is 0.0532. The third kappa shape index (κ3) is 5.38. The Morgan fingerprint density at radius 1 is 1.35 bits per heavy atom. The zero-order chi connectivity index (χ0) is 17.5. The van der Waals surface area contributed by atoms with Crippen LogP contribution in [-0.4, -0.2) is 24.5 Å². The molecule has 0 amide bonds. The second-order valence-electron chi connectivity index (χ2n) is 5.92. The van der Waals surface area contributed by atoms with Crippen molar-refractivity contribution in [2.24, 2.45) is 5.92 Å². The lowest BCUT2D eigenvalue weighted by Crippen LogP contribution is -2.28. The molecular formula is C19H28O4. The van der Waals surface area contributed by atoms with Gasteiger partial charge in [-0.2, -0.15) is 0 Å². The molecule has 1 heterocycles. The molecule has 0 spiro atoms. The molecule has 1 aliphatic heterocycles. The lowest BCUT2D eigenvalue weighted by molar-refractivity contribution is -0.135. The molecule has 0 aromatic heterocycles. The third-order valence-electron chi connectivity index (χ3n) is 4.23. The summed E-state index contributed by atoms with van der Waals surface area (Å²) in [6, 6.07) is 0. The molecule has 4 heteroatoms. The molecule has 1 aliphatic rings. The Morgan fingerprint density at radius 3 is 2.52 bits per heavy atom. The average Bonchev–Trinajstić information content (AvgIpc) is 2.89. The summed E-state index contributed by atoms with van der Waals surface area (Å²) in [5.74, 6) is 0.504. The van der Waals surface area contributed by atoms with Gasteiger partial charge in [0.1, 0.15) is 11.4 Å². The molecule has 0 aromatic rings. The SMILES string of the molecule is CCC1=C[C@](CC)(C[C@@H](/C=C/C(C)=O)CC)O/C1=C\C(=O)OC. The number of carbonyl (C=O) groups is 2. The largest absolute Gasteiger partial charge is 0.483 e. The van der Waals surface area contributed by atoms with E-state index in [1.165, 1.54) is 13.2 Å². The first-order valence-corrected chi connectivity index (χ1v) is 8.29. The lowest BCUT2D eigenvalue weighted by atomic mass is 9.86. The fourth-order valence-corrected chi connectivity index (χ4v) is 2.75. The van der Waals surface area contributed by atoms with E-state index in [1.54, 1.807) is 13.0 Å². The Labute approximate surface area is 139 Å². The van der Waals surface area contributed by atoms with E-state index in [0.29, 0.717) is 5.76 Å². The summed E-state index contributed by atoms with van der Waals surface area (Å²) in [7, 11) is 1.36. The Morgan fingerprint density at radius 2 is 2.04 bits per heavy atom. The highest BCUT2D eigenvalue weighted by atomic mass is 16.5. The average molecular weight is 320 g/mol. The van der Waals surface area contributed by atoms with Crippen molar-refractivity contribution in [3.05, 3.63) is 35.6 Å². The van der Waals surface area contributed by atoms with Crippen molar-refractivity contribution >= 4 is 11.8 Å². The van der Waals surface area contributed by atoms with E-state index in [0.717, 1.165) is 31.3 Å². The zero-order valence-corrected chi connectivity index (χ0v) is 14.8. The summed E-state index contributed by atoms with van der Waals surface area (Å²) in [5, 5.41) is 0. The minimum atomic E-state index is -0.424. The number of esters is 1. The molecule has 0 aliphatic carbocycles. The highest BCUT2D eigenvalue weighted by molar-refractivity contribution is 5.87. The van der Waals surface area contributed by atoms with Gasteiger partial charge in [-0.15, -0.1) is 0 Å². The van der Waals surface area contributed by atoms with Gasteiger partial charge in [0, 0.05) is 0 Å². The Hall–Kier alpha value is -1.84. The van der Waals surface area contributed by atoms with Crippen LogP contribution in [0.5, 0.6) is 0 Å². The van der Waals surface area contributed by atoms with Gasteiger partial charge < -0.3 is 9.47 Å². The van der Waals surface area contributed by atoms with Crippen LogP contribution in [0.3, 0.4) is 0 Å². The maximum Gasteiger partial charge on any atom is 0.334 e. The van der Waals surface area contributed by atoms with Crippen molar-refractivity contribution in [1.29, 1.82) is 0 Å². The number of methoxy groups -OCH3 is 1. The molecule has 0 N–H and O–H groups in total. The molecule has 0 saturated carbocycles. The van der Waals surface area contributed by atoms with Crippen LogP contribution in [0.2, 0.25) is 0 Å². The number of ether oxygens (including phenoxy) is 2. The van der Waals surface area contributed by atoms with Gasteiger partial charge in [0.25, 0.3) is 0 Å². The van der Waals surface area contributed by atoms with Crippen LogP contribution in [0.4, 0.5) is 0 Å². The van der Waals surface area contributed by atoms with E-state index in [2.05, 4.69) is 19.9 Å². The van der Waals surface area contributed by atoms with Crippen LogP contribution in [0, 0.1) is 5.92 Å². The fourth-order valence-electron chi connectivity index (χ4n) is 2.75. The lowest BCUT2D eigenvalue weighted by Gasteiger charge is -2.29. The van der Waals surface area contributed by atoms with Crippen molar-refractivity contribution in [3.63, 3.8) is 0 Å². The van der Waals surface area contributed by atoms with Gasteiger partial charge in [-0.1, -0.05) is 26.8 Å². The molecule has 1 rings (SSSR count). The third-order valence-corrected chi connectivity index (χ3v) is 4.23. The van der Waals surface area contributed by atoms with Crippen LogP contribution in [0.1, 0.15) is 53.4 Å². The van der Waals surface area contributed by atoms with E-state index in [9.17, 15) is 9.59 Å². The normalized spacial score (nSPS) is 23.7. The zero-order valence-electron chi connectivity index (χ0n) is 14.8. The van der Waals surface area contributed by atoms with E-state index in [-0.39, 0.29) is 11.7 Å². The maximum absolute atomic E-state index is 11.5. The van der Waals surface area contributed by atoms with Gasteiger partial charge in [-0.25, -0.2) is 4.79 Å². The van der Waals surface area contributed by atoms with Crippen LogP contribution in [-0.2, 0) is 19.1 Å². The second-order valence-corrected chi connectivity index (χ2v) is 5.92. The molecule has 0 bridgehead atoms. The van der Waals surface area contributed by atoms with E-state index >= 15 is 0 Å². The van der Waals surface area contributed by atoms with Crippen molar-refractivity contribution < 1.29 is 19.1 Å². The van der Waals surface area contributed by atoms with Gasteiger partial charge in [0.2, 0.25) is 0 Å². The van der Waals surface area contributed by atoms with Gasteiger partial charge in [-0.05, 0) is 56.3 Å². The van der Waals surface area contributed by atoms with E-state index in [1.807, 2.05) is 13.0 Å². The Bertz CT molecular complexity index is 527. The van der Waals surface area contributed by atoms with Crippen molar-refractivity contribution in [2.45, 2.75) is 59.0 Å². The second kappa shape index (κ2) is 8.70. The van der Waals surface area contributed by atoms with Gasteiger partial charge in [-0.3, -0.25) is 4.79 Å². The number of carbonyl (C=O) groups excluding carboxylic acids is 2. The van der Waals surface area contributed by atoms with Crippen LogP contribution in [0.25, 0.3) is 0 Å². The summed E-state index contributed by atoms with van der Waals surface area (Å²) in [6.45, 7) is 7.77. The van der Waals surface area contributed by atoms with E-state index in [4.69, 9.17) is 9.47 Å². The molecule has 23 heavy (non-hydrogen) atoms. The summed E-state index contributed by atoms with van der Waals surface area (Å²) in [6.07, 6.45) is 10.5. The molecular weight excluding hydrogens is 292 g/mol. The van der Waals surface area contributed by atoms with Crippen LogP contribution >= 0.6 is 0 Å². The smallest absolute Gasteiger partial charge is 0.334 e.